The molecular formula is C14H11ClN2O2. The average Bonchev–Trinajstić information content (AvgIpc) is 2.93. The number of carbonyl (C=O) groups excluding carboxylic acids is 1. The molecule has 0 spiro atoms. The van der Waals surface area contributed by atoms with Gasteiger partial charge >= 0.3 is 0 Å². The molecule has 0 bridgehead atoms. The van der Waals surface area contributed by atoms with Crippen molar-refractivity contribution in [3.63, 3.8) is 0 Å². The molecule has 3 aromatic rings. The van der Waals surface area contributed by atoms with Gasteiger partial charge in [-0.25, -0.2) is 0 Å². The minimum Gasteiger partial charge on any atom is -0.451 e. The molecule has 4 nitrogen and oxygen atoms in total. The fraction of sp³-hybridized carbons (Fsp3) is 0.143. The Bertz CT molecular complexity index is 786. The highest BCUT2D eigenvalue weighted by molar-refractivity contribution is 6.35. The van der Waals surface area contributed by atoms with Gasteiger partial charge in [0.1, 0.15) is 5.69 Å². The maximum Gasteiger partial charge on any atom is 0.246 e. The Morgan fingerprint density at radius 1 is 1.37 bits per heavy atom. The normalized spacial score (nSPS) is 11.1. The molecule has 0 aliphatic carbocycles. The molecule has 0 aliphatic heterocycles. The molecule has 0 amide bonds. The number of furan rings is 1. The fourth-order valence-electron chi connectivity index (χ4n) is 2.09. The van der Waals surface area contributed by atoms with E-state index in [1.807, 2.05) is 19.1 Å². The lowest BCUT2D eigenvalue weighted by Gasteiger charge is -1.97. The standard InChI is InChI=1S/C14H11ClN2O2/c1-8-6-11(17(2)16-8)13(18)12-7-9-4-3-5-10(15)14(9)19-12/h3-7H,1-2H3. The second-order valence-electron chi connectivity index (χ2n) is 4.39. The Morgan fingerprint density at radius 2 is 2.16 bits per heavy atom. The minimum atomic E-state index is -0.199. The Labute approximate surface area is 114 Å². The highest BCUT2D eigenvalue weighted by Gasteiger charge is 2.19. The van der Waals surface area contributed by atoms with Gasteiger partial charge in [-0.15, -0.1) is 0 Å². The second-order valence-corrected chi connectivity index (χ2v) is 4.80. The van der Waals surface area contributed by atoms with E-state index in [1.54, 1.807) is 29.9 Å². The Hall–Kier alpha value is -2.07. The van der Waals surface area contributed by atoms with Crippen molar-refractivity contribution in [3.8, 4) is 0 Å². The fourth-order valence-corrected chi connectivity index (χ4v) is 2.31. The number of para-hydroxylation sites is 1. The van der Waals surface area contributed by atoms with Gasteiger partial charge in [-0.2, -0.15) is 5.10 Å². The van der Waals surface area contributed by atoms with Crippen LogP contribution < -0.4 is 0 Å². The molecule has 0 saturated carbocycles. The molecule has 2 heterocycles. The zero-order valence-electron chi connectivity index (χ0n) is 10.5. The first kappa shape index (κ1) is 12.0. The van der Waals surface area contributed by atoms with Crippen LogP contribution in [0.3, 0.4) is 0 Å². The van der Waals surface area contributed by atoms with Crippen molar-refractivity contribution < 1.29 is 9.21 Å². The Kier molecular flexibility index (Phi) is 2.68. The summed E-state index contributed by atoms with van der Waals surface area (Å²) < 4.78 is 7.10. The minimum absolute atomic E-state index is 0.199. The number of fused-ring (bicyclic) bond motifs is 1. The van der Waals surface area contributed by atoms with Crippen molar-refractivity contribution in [1.82, 2.24) is 9.78 Å². The molecule has 0 fully saturated rings. The molecule has 0 atom stereocenters. The van der Waals surface area contributed by atoms with Crippen LogP contribution in [0.4, 0.5) is 0 Å². The van der Waals surface area contributed by atoms with Crippen LogP contribution in [0.25, 0.3) is 11.0 Å². The van der Waals surface area contributed by atoms with E-state index in [2.05, 4.69) is 5.10 Å². The lowest BCUT2D eigenvalue weighted by atomic mass is 10.2. The molecule has 19 heavy (non-hydrogen) atoms. The number of ketones is 1. The predicted molar refractivity (Wildman–Crippen MR) is 72.6 cm³/mol. The van der Waals surface area contributed by atoms with Crippen LogP contribution in [0.5, 0.6) is 0 Å². The first-order valence-electron chi connectivity index (χ1n) is 5.79. The molecule has 3 rings (SSSR count). The number of carbonyl (C=O) groups is 1. The first-order chi connectivity index (χ1) is 9.06. The topological polar surface area (TPSA) is 48.0 Å². The molecule has 2 aromatic heterocycles. The summed E-state index contributed by atoms with van der Waals surface area (Å²) in [4.78, 5) is 12.4. The number of hydrogen-bond acceptors (Lipinski definition) is 3. The van der Waals surface area contributed by atoms with E-state index in [1.165, 1.54) is 0 Å². The van der Waals surface area contributed by atoms with Gasteiger partial charge in [0, 0.05) is 12.4 Å². The smallest absolute Gasteiger partial charge is 0.246 e. The lowest BCUT2D eigenvalue weighted by Crippen LogP contribution is -2.07. The number of benzene rings is 1. The van der Waals surface area contributed by atoms with Crippen molar-refractivity contribution in [2.75, 3.05) is 0 Å². The van der Waals surface area contributed by atoms with Gasteiger partial charge in [0.05, 0.1) is 10.7 Å². The van der Waals surface area contributed by atoms with Crippen molar-refractivity contribution >= 4 is 28.4 Å². The number of nitrogens with zero attached hydrogens (tertiary/aromatic N) is 2. The van der Waals surface area contributed by atoms with Gasteiger partial charge in [0.2, 0.25) is 5.78 Å². The summed E-state index contributed by atoms with van der Waals surface area (Å²) >= 11 is 6.03. The second kappa shape index (κ2) is 4.24. The van der Waals surface area contributed by atoms with Crippen LogP contribution in [-0.2, 0) is 7.05 Å². The maximum absolute atomic E-state index is 12.4. The number of hydrogen-bond donors (Lipinski definition) is 0. The lowest BCUT2D eigenvalue weighted by molar-refractivity contribution is 0.100. The van der Waals surface area contributed by atoms with Crippen LogP contribution in [0.1, 0.15) is 21.9 Å². The summed E-state index contributed by atoms with van der Waals surface area (Å²) in [7, 11) is 1.73. The van der Waals surface area contributed by atoms with Gasteiger partial charge in [0.15, 0.2) is 11.3 Å². The van der Waals surface area contributed by atoms with Crippen molar-refractivity contribution in [1.29, 1.82) is 0 Å². The molecule has 0 N–H and O–H groups in total. The molecule has 96 valence electrons. The van der Waals surface area contributed by atoms with E-state index < -0.39 is 0 Å². The Balaban J connectivity index is 2.12. The Morgan fingerprint density at radius 3 is 2.79 bits per heavy atom. The zero-order chi connectivity index (χ0) is 13.6. The van der Waals surface area contributed by atoms with Crippen LogP contribution in [0.15, 0.2) is 34.7 Å². The largest absolute Gasteiger partial charge is 0.451 e. The molecule has 0 unspecified atom stereocenters. The van der Waals surface area contributed by atoms with Gasteiger partial charge in [-0.3, -0.25) is 9.48 Å². The van der Waals surface area contributed by atoms with Crippen molar-refractivity contribution in [2.45, 2.75) is 6.92 Å². The highest BCUT2D eigenvalue weighted by Crippen LogP contribution is 2.27. The van der Waals surface area contributed by atoms with E-state index in [4.69, 9.17) is 16.0 Å². The molecular weight excluding hydrogens is 264 g/mol. The number of aryl methyl sites for hydroxylation is 2. The SMILES string of the molecule is Cc1cc(C(=O)c2cc3cccc(Cl)c3o2)n(C)n1. The van der Waals surface area contributed by atoms with Crippen LogP contribution in [0.2, 0.25) is 5.02 Å². The van der Waals surface area contributed by atoms with E-state index in [-0.39, 0.29) is 11.5 Å². The number of aromatic nitrogens is 2. The van der Waals surface area contributed by atoms with E-state index in [0.717, 1.165) is 11.1 Å². The summed E-state index contributed by atoms with van der Waals surface area (Å²) in [5.74, 6) is 0.0708. The number of halogens is 1. The highest BCUT2D eigenvalue weighted by atomic mass is 35.5. The van der Waals surface area contributed by atoms with Crippen LogP contribution in [-0.4, -0.2) is 15.6 Å². The van der Waals surface area contributed by atoms with E-state index in [0.29, 0.717) is 16.3 Å². The first-order valence-corrected chi connectivity index (χ1v) is 6.17. The third kappa shape index (κ3) is 1.94. The van der Waals surface area contributed by atoms with Crippen molar-refractivity contribution in [2.24, 2.45) is 7.05 Å². The molecule has 0 radical (unpaired) electrons. The molecule has 5 heteroatoms. The molecule has 0 saturated heterocycles. The third-order valence-corrected chi connectivity index (χ3v) is 3.25. The predicted octanol–water partition coefficient (Wildman–Crippen LogP) is 3.36. The number of rotatable bonds is 2. The molecule has 0 aliphatic rings. The van der Waals surface area contributed by atoms with E-state index in [9.17, 15) is 4.79 Å². The maximum atomic E-state index is 12.4. The summed E-state index contributed by atoms with van der Waals surface area (Å²) in [5.41, 5.74) is 1.82. The third-order valence-electron chi connectivity index (χ3n) is 2.95. The van der Waals surface area contributed by atoms with E-state index >= 15 is 0 Å². The molecule has 1 aromatic carbocycles. The van der Waals surface area contributed by atoms with Crippen LogP contribution >= 0.6 is 11.6 Å². The summed E-state index contributed by atoms with van der Waals surface area (Å²) in [6.07, 6.45) is 0. The van der Waals surface area contributed by atoms with Gasteiger partial charge in [-0.1, -0.05) is 23.7 Å². The average molecular weight is 275 g/mol. The van der Waals surface area contributed by atoms with Crippen LogP contribution in [0, 0.1) is 6.92 Å². The van der Waals surface area contributed by atoms with Gasteiger partial charge < -0.3 is 4.42 Å². The van der Waals surface area contributed by atoms with Crippen molar-refractivity contribution in [3.05, 3.63) is 52.5 Å². The summed E-state index contributed by atoms with van der Waals surface area (Å²) in [6, 6.07) is 8.84. The van der Waals surface area contributed by atoms with Gasteiger partial charge in [0.25, 0.3) is 0 Å². The monoisotopic (exact) mass is 274 g/mol. The summed E-state index contributed by atoms with van der Waals surface area (Å²) in [6.45, 7) is 1.84. The zero-order valence-corrected chi connectivity index (χ0v) is 11.2. The quantitative estimate of drug-likeness (QED) is 0.673. The van der Waals surface area contributed by atoms with Gasteiger partial charge in [-0.05, 0) is 25.1 Å². The summed E-state index contributed by atoms with van der Waals surface area (Å²) in [5, 5.41) is 5.47.